The smallest absolute Gasteiger partial charge is 0.261 e. The lowest BCUT2D eigenvalue weighted by atomic mass is 9.87. The number of rotatable bonds is 11. The third-order valence-corrected chi connectivity index (χ3v) is 5.98. The Morgan fingerprint density at radius 2 is 1.53 bits per heavy atom. The summed E-state index contributed by atoms with van der Waals surface area (Å²) < 4.78 is 11.1. The van der Waals surface area contributed by atoms with Gasteiger partial charge in [-0.3, -0.25) is 9.59 Å². The van der Waals surface area contributed by atoms with Crippen molar-refractivity contribution in [1.82, 2.24) is 10.2 Å². The molecule has 0 fully saturated rings. The van der Waals surface area contributed by atoms with Crippen molar-refractivity contribution in [2.45, 2.75) is 78.4 Å². The molecule has 0 saturated heterocycles. The van der Waals surface area contributed by atoms with Crippen molar-refractivity contribution in [1.29, 1.82) is 0 Å². The van der Waals surface area contributed by atoms with Gasteiger partial charge in [-0.25, -0.2) is 0 Å². The fourth-order valence-corrected chi connectivity index (χ4v) is 3.57. The van der Waals surface area contributed by atoms with E-state index < -0.39 is 6.04 Å². The van der Waals surface area contributed by atoms with E-state index in [1.165, 1.54) is 5.56 Å². The lowest BCUT2D eigenvalue weighted by molar-refractivity contribution is -0.143. The molecular weight excluding hydrogens is 428 g/mol. The molecule has 0 bridgehead atoms. The highest BCUT2D eigenvalue weighted by Crippen LogP contribution is 2.24. The molecule has 2 rings (SSSR count). The molecule has 6 nitrogen and oxygen atoms in total. The average Bonchev–Trinajstić information content (AvgIpc) is 2.82. The second kappa shape index (κ2) is 12.4. The second-order valence-electron chi connectivity index (χ2n) is 9.67. The van der Waals surface area contributed by atoms with Crippen LogP contribution in [0, 0.1) is 0 Å². The maximum absolute atomic E-state index is 13.3. The summed E-state index contributed by atoms with van der Waals surface area (Å²) in [4.78, 5) is 28.0. The summed E-state index contributed by atoms with van der Waals surface area (Å²) >= 11 is 0. The predicted molar refractivity (Wildman–Crippen MR) is 136 cm³/mol. The summed E-state index contributed by atoms with van der Waals surface area (Å²) in [6, 6.07) is 14.8. The Labute approximate surface area is 204 Å². The number of carbonyl (C=O) groups is 2. The molecule has 2 atom stereocenters. The van der Waals surface area contributed by atoms with E-state index >= 15 is 0 Å². The zero-order valence-corrected chi connectivity index (χ0v) is 21.7. The largest absolute Gasteiger partial charge is 0.497 e. The molecular formula is C28H40N2O4. The van der Waals surface area contributed by atoms with Gasteiger partial charge in [0, 0.05) is 12.6 Å². The first-order chi connectivity index (χ1) is 16.1. The van der Waals surface area contributed by atoms with Gasteiger partial charge in [0.2, 0.25) is 5.91 Å². The molecule has 0 unspecified atom stereocenters. The fourth-order valence-electron chi connectivity index (χ4n) is 3.57. The van der Waals surface area contributed by atoms with Crippen molar-refractivity contribution in [3.63, 3.8) is 0 Å². The van der Waals surface area contributed by atoms with Crippen molar-refractivity contribution in [3.05, 3.63) is 59.7 Å². The van der Waals surface area contributed by atoms with E-state index in [4.69, 9.17) is 9.47 Å². The van der Waals surface area contributed by atoms with Crippen LogP contribution in [0.2, 0.25) is 0 Å². The number of hydrogen-bond donors (Lipinski definition) is 1. The molecule has 1 N–H and O–H groups in total. The number of carbonyl (C=O) groups excluding carboxylic acids is 2. The minimum Gasteiger partial charge on any atom is -0.497 e. The molecule has 0 aliphatic heterocycles. The van der Waals surface area contributed by atoms with E-state index in [0.29, 0.717) is 18.7 Å². The number of methoxy groups -OCH3 is 1. The third kappa shape index (κ3) is 7.79. The van der Waals surface area contributed by atoms with E-state index in [1.54, 1.807) is 12.0 Å². The second-order valence-corrected chi connectivity index (χ2v) is 9.67. The van der Waals surface area contributed by atoms with Gasteiger partial charge in [-0.2, -0.15) is 0 Å². The average molecular weight is 469 g/mol. The Morgan fingerprint density at radius 3 is 2.03 bits per heavy atom. The minimum atomic E-state index is -0.588. The van der Waals surface area contributed by atoms with Crippen LogP contribution in [0.4, 0.5) is 0 Å². The van der Waals surface area contributed by atoms with Crippen LogP contribution in [-0.2, 0) is 21.5 Å². The summed E-state index contributed by atoms with van der Waals surface area (Å²) in [6.45, 7) is 12.5. The molecule has 0 spiro atoms. The maximum atomic E-state index is 13.3. The van der Waals surface area contributed by atoms with Crippen LogP contribution in [0.5, 0.6) is 11.5 Å². The SMILES string of the molecule is CC[C@H](C)NC(=O)[C@H](CC)N(Cc1ccc(OC)cc1)C(=O)COc1ccc(C(C)(C)C)cc1. The zero-order valence-electron chi connectivity index (χ0n) is 21.7. The van der Waals surface area contributed by atoms with Gasteiger partial charge < -0.3 is 19.7 Å². The van der Waals surface area contributed by atoms with Crippen molar-refractivity contribution in [2.75, 3.05) is 13.7 Å². The number of nitrogens with zero attached hydrogens (tertiary/aromatic N) is 1. The highest BCUT2D eigenvalue weighted by molar-refractivity contribution is 5.88. The third-order valence-electron chi connectivity index (χ3n) is 5.98. The summed E-state index contributed by atoms with van der Waals surface area (Å²) in [5.41, 5.74) is 2.15. The number of hydrogen-bond acceptors (Lipinski definition) is 4. The Kier molecular flexibility index (Phi) is 9.97. The molecule has 2 aromatic rings. The van der Waals surface area contributed by atoms with Crippen LogP contribution in [0.3, 0.4) is 0 Å². The summed E-state index contributed by atoms with van der Waals surface area (Å²) in [5, 5.41) is 3.02. The summed E-state index contributed by atoms with van der Waals surface area (Å²) in [6.07, 6.45) is 1.33. The van der Waals surface area contributed by atoms with Gasteiger partial charge >= 0.3 is 0 Å². The zero-order chi connectivity index (χ0) is 25.3. The molecule has 34 heavy (non-hydrogen) atoms. The maximum Gasteiger partial charge on any atom is 0.261 e. The number of amides is 2. The predicted octanol–water partition coefficient (Wildman–Crippen LogP) is 5.09. The van der Waals surface area contributed by atoms with Crippen molar-refractivity contribution >= 4 is 11.8 Å². The minimum absolute atomic E-state index is 0.0390. The van der Waals surface area contributed by atoms with Crippen LogP contribution in [0.25, 0.3) is 0 Å². The van der Waals surface area contributed by atoms with E-state index in [9.17, 15) is 9.59 Å². The van der Waals surface area contributed by atoms with Gasteiger partial charge in [-0.1, -0.05) is 58.9 Å². The van der Waals surface area contributed by atoms with Gasteiger partial charge in [0.25, 0.3) is 5.91 Å². The van der Waals surface area contributed by atoms with Crippen LogP contribution in [0.1, 0.15) is 65.5 Å². The molecule has 0 aromatic heterocycles. The molecule has 0 heterocycles. The Balaban J connectivity index is 2.20. The molecule has 6 heteroatoms. The topological polar surface area (TPSA) is 67.9 Å². The Morgan fingerprint density at radius 1 is 0.941 bits per heavy atom. The normalized spacial score (nSPS) is 13.0. The quantitative estimate of drug-likeness (QED) is 0.499. The van der Waals surface area contributed by atoms with Gasteiger partial charge in [-0.05, 0) is 60.6 Å². The van der Waals surface area contributed by atoms with Crippen LogP contribution < -0.4 is 14.8 Å². The number of nitrogens with one attached hydrogen (secondary N) is 1. The van der Waals surface area contributed by atoms with Gasteiger partial charge in [0.15, 0.2) is 6.61 Å². The van der Waals surface area contributed by atoms with Crippen LogP contribution in [-0.4, -0.2) is 42.5 Å². The molecule has 0 radical (unpaired) electrons. The van der Waals surface area contributed by atoms with Gasteiger partial charge in [-0.15, -0.1) is 0 Å². The fraction of sp³-hybridized carbons (Fsp3) is 0.500. The first kappa shape index (κ1) is 27.2. The molecule has 2 aromatic carbocycles. The molecule has 186 valence electrons. The van der Waals surface area contributed by atoms with Crippen molar-refractivity contribution < 1.29 is 19.1 Å². The van der Waals surface area contributed by atoms with E-state index in [1.807, 2.05) is 69.3 Å². The lowest BCUT2D eigenvalue weighted by Crippen LogP contribution is -2.51. The first-order valence-electron chi connectivity index (χ1n) is 12.0. The van der Waals surface area contributed by atoms with Crippen molar-refractivity contribution in [2.24, 2.45) is 0 Å². The number of ether oxygens (including phenoxy) is 2. The van der Waals surface area contributed by atoms with Crippen LogP contribution in [0.15, 0.2) is 48.5 Å². The highest BCUT2D eigenvalue weighted by atomic mass is 16.5. The van der Waals surface area contributed by atoms with E-state index in [-0.39, 0.29) is 29.9 Å². The Bertz CT molecular complexity index is 917. The van der Waals surface area contributed by atoms with Crippen molar-refractivity contribution in [3.8, 4) is 11.5 Å². The molecule has 0 aliphatic rings. The van der Waals surface area contributed by atoms with Gasteiger partial charge in [0.05, 0.1) is 7.11 Å². The van der Waals surface area contributed by atoms with E-state index in [0.717, 1.165) is 17.7 Å². The summed E-state index contributed by atoms with van der Waals surface area (Å²) in [7, 11) is 1.61. The monoisotopic (exact) mass is 468 g/mol. The van der Waals surface area contributed by atoms with Crippen LogP contribution >= 0.6 is 0 Å². The molecule has 0 saturated carbocycles. The highest BCUT2D eigenvalue weighted by Gasteiger charge is 2.29. The Hall–Kier alpha value is -3.02. The summed E-state index contributed by atoms with van der Waals surface area (Å²) in [5.74, 6) is 0.989. The molecule has 2 amide bonds. The standard InChI is InChI=1S/C28H40N2O4/c1-8-20(3)29-27(32)25(9-2)30(18-21-10-14-23(33-7)15-11-21)26(31)19-34-24-16-12-22(13-17-24)28(4,5)6/h10-17,20,25H,8-9,18-19H2,1-7H3,(H,29,32)/t20-,25-/m0/s1. The molecule has 0 aliphatic carbocycles. The number of benzene rings is 2. The lowest BCUT2D eigenvalue weighted by Gasteiger charge is -2.31. The van der Waals surface area contributed by atoms with E-state index in [2.05, 4.69) is 26.1 Å². The van der Waals surface area contributed by atoms with Gasteiger partial charge in [0.1, 0.15) is 17.5 Å². The first-order valence-corrected chi connectivity index (χ1v) is 12.0.